The Hall–Kier alpha value is -2.27. The molecule has 2 aromatic heterocycles. The molecule has 0 fully saturated rings. The first-order valence-electron chi connectivity index (χ1n) is 6.24. The van der Waals surface area contributed by atoms with Gasteiger partial charge in [0.15, 0.2) is 5.78 Å². The Balaban J connectivity index is 1.76. The summed E-state index contributed by atoms with van der Waals surface area (Å²) < 4.78 is 1.74. The lowest BCUT2D eigenvalue weighted by atomic mass is 10.1. The van der Waals surface area contributed by atoms with E-state index in [1.165, 1.54) is 11.3 Å². The summed E-state index contributed by atoms with van der Waals surface area (Å²) in [6.07, 6.45) is 4.03. The van der Waals surface area contributed by atoms with Crippen LogP contribution in [0.3, 0.4) is 0 Å². The quantitative estimate of drug-likeness (QED) is 0.692. The van der Waals surface area contributed by atoms with Crippen LogP contribution in [-0.2, 0) is 13.5 Å². The fourth-order valence-corrected chi connectivity index (χ4v) is 2.74. The molecule has 4 nitrogen and oxygen atoms in total. The molecule has 3 aromatic rings. The van der Waals surface area contributed by atoms with Crippen LogP contribution in [0.5, 0.6) is 0 Å². The number of carbonyl (C=O) groups excluding carboxylic acids is 1. The van der Waals surface area contributed by atoms with Crippen LogP contribution >= 0.6 is 11.3 Å². The molecule has 0 spiro atoms. The summed E-state index contributed by atoms with van der Waals surface area (Å²) in [5, 5.41) is 6.96. The van der Waals surface area contributed by atoms with E-state index in [9.17, 15) is 4.79 Å². The highest BCUT2D eigenvalue weighted by molar-refractivity contribution is 7.13. The van der Waals surface area contributed by atoms with E-state index >= 15 is 0 Å². The Kier molecular flexibility index (Phi) is 3.43. The summed E-state index contributed by atoms with van der Waals surface area (Å²) >= 11 is 1.54. The molecule has 0 aliphatic rings. The van der Waals surface area contributed by atoms with Crippen molar-refractivity contribution in [2.45, 2.75) is 6.42 Å². The second kappa shape index (κ2) is 5.38. The Bertz CT molecular complexity index is 730. The Labute approximate surface area is 120 Å². The van der Waals surface area contributed by atoms with Crippen LogP contribution in [0.25, 0.3) is 10.6 Å². The second-order valence-corrected chi connectivity index (χ2v) is 5.37. The van der Waals surface area contributed by atoms with Crippen LogP contribution in [0.4, 0.5) is 0 Å². The number of aromatic nitrogens is 3. The summed E-state index contributed by atoms with van der Waals surface area (Å²) in [6.45, 7) is 0. The van der Waals surface area contributed by atoms with Gasteiger partial charge in [0.1, 0.15) is 5.01 Å². The van der Waals surface area contributed by atoms with E-state index in [1.807, 2.05) is 49.0 Å². The van der Waals surface area contributed by atoms with Crippen LogP contribution in [0.15, 0.2) is 48.1 Å². The lowest BCUT2D eigenvalue weighted by molar-refractivity contribution is 0.0992. The Morgan fingerprint density at radius 2 is 2.10 bits per heavy atom. The van der Waals surface area contributed by atoms with Crippen LogP contribution in [0.1, 0.15) is 16.1 Å². The first kappa shape index (κ1) is 12.7. The molecule has 0 aliphatic heterocycles. The molecule has 0 atom stereocenters. The minimum Gasteiger partial charge on any atom is -0.294 e. The molecule has 2 heterocycles. The average Bonchev–Trinajstić information content (AvgIpc) is 3.09. The minimum absolute atomic E-state index is 0.0913. The molecule has 0 radical (unpaired) electrons. The van der Waals surface area contributed by atoms with Gasteiger partial charge in [-0.2, -0.15) is 5.10 Å². The zero-order valence-electron chi connectivity index (χ0n) is 11.0. The second-order valence-electron chi connectivity index (χ2n) is 4.51. The number of nitrogens with zero attached hydrogens (tertiary/aromatic N) is 3. The van der Waals surface area contributed by atoms with Crippen molar-refractivity contribution < 1.29 is 4.79 Å². The van der Waals surface area contributed by atoms with Gasteiger partial charge in [-0.25, -0.2) is 4.98 Å². The number of thiazole rings is 1. The van der Waals surface area contributed by atoms with E-state index in [0.29, 0.717) is 6.42 Å². The SMILES string of the molecule is Cn1cc(-c2nc(CC(=O)c3ccccc3)cs2)cn1. The predicted molar refractivity (Wildman–Crippen MR) is 78.8 cm³/mol. The van der Waals surface area contributed by atoms with Crippen molar-refractivity contribution in [3.05, 3.63) is 59.4 Å². The van der Waals surface area contributed by atoms with Crippen LogP contribution in [0.2, 0.25) is 0 Å². The van der Waals surface area contributed by atoms with E-state index in [1.54, 1.807) is 10.9 Å². The lowest BCUT2D eigenvalue weighted by Crippen LogP contribution is -2.03. The molecule has 0 aliphatic carbocycles. The first-order chi connectivity index (χ1) is 9.72. The van der Waals surface area contributed by atoms with E-state index in [2.05, 4.69) is 10.1 Å². The molecule has 0 unspecified atom stereocenters. The average molecular weight is 283 g/mol. The summed E-state index contributed by atoms with van der Waals surface area (Å²) in [4.78, 5) is 16.6. The van der Waals surface area contributed by atoms with Crippen molar-refractivity contribution in [3.8, 4) is 10.6 Å². The number of aryl methyl sites for hydroxylation is 1. The van der Waals surface area contributed by atoms with Crippen molar-refractivity contribution >= 4 is 17.1 Å². The third-order valence-electron chi connectivity index (χ3n) is 2.94. The molecule has 1 aromatic carbocycles. The van der Waals surface area contributed by atoms with Gasteiger partial charge in [0.2, 0.25) is 0 Å². The maximum Gasteiger partial charge on any atom is 0.168 e. The molecule has 0 N–H and O–H groups in total. The van der Waals surface area contributed by atoms with Crippen molar-refractivity contribution in [2.24, 2.45) is 7.05 Å². The molecule has 0 saturated heterocycles. The first-order valence-corrected chi connectivity index (χ1v) is 7.12. The summed E-state index contributed by atoms with van der Waals surface area (Å²) in [7, 11) is 1.87. The summed E-state index contributed by atoms with van der Waals surface area (Å²) in [5.74, 6) is 0.0913. The molecular weight excluding hydrogens is 270 g/mol. The zero-order chi connectivity index (χ0) is 13.9. The fraction of sp³-hybridized carbons (Fsp3) is 0.133. The third kappa shape index (κ3) is 2.67. The number of carbonyl (C=O) groups is 1. The van der Waals surface area contributed by atoms with Gasteiger partial charge < -0.3 is 0 Å². The van der Waals surface area contributed by atoms with Gasteiger partial charge in [0.05, 0.1) is 18.3 Å². The number of rotatable bonds is 4. The van der Waals surface area contributed by atoms with Crippen molar-refractivity contribution in [2.75, 3.05) is 0 Å². The molecule has 3 rings (SSSR count). The number of Topliss-reactive ketones (excluding diaryl/α,β-unsaturated/α-hetero) is 1. The Morgan fingerprint density at radius 1 is 1.30 bits per heavy atom. The molecular formula is C15H13N3OS. The van der Waals surface area contributed by atoms with Gasteiger partial charge in [-0.3, -0.25) is 9.48 Å². The van der Waals surface area contributed by atoms with Crippen molar-refractivity contribution in [3.63, 3.8) is 0 Å². The maximum atomic E-state index is 12.1. The summed E-state index contributed by atoms with van der Waals surface area (Å²) in [5.41, 5.74) is 2.52. The van der Waals surface area contributed by atoms with Gasteiger partial charge in [0.25, 0.3) is 0 Å². The highest BCUT2D eigenvalue weighted by Crippen LogP contribution is 2.23. The minimum atomic E-state index is 0.0913. The molecule has 0 bridgehead atoms. The van der Waals surface area contributed by atoms with E-state index in [0.717, 1.165) is 21.8 Å². The molecule has 0 saturated carbocycles. The molecule has 5 heteroatoms. The van der Waals surface area contributed by atoms with Crippen LogP contribution < -0.4 is 0 Å². The number of ketones is 1. The van der Waals surface area contributed by atoms with Gasteiger partial charge in [-0.1, -0.05) is 30.3 Å². The summed E-state index contributed by atoms with van der Waals surface area (Å²) in [6, 6.07) is 9.30. The normalized spacial score (nSPS) is 10.7. The van der Waals surface area contributed by atoms with Gasteiger partial charge in [-0.05, 0) is 0 Å². The maximum absolute atomic E-state index is 12.1. The number of hydrogen-bond acceptors (Lipinski definition) is 4. The molecule has 100 valence electrons. The number of hydrogen-bond donors (Lipinski definition) is 0. The third-order valence-corrected chi connectivity index (χ3v) is 3.88. The van der Waals surface area contributed by atoms with Crippen molar-refractivity contribution in [1.82, 2.24) is 14.8 Å². The Morgan fingerprint density at radius 3 is 2.80 bits per heavy atom. The van der Waals surface area contributed by atoms with E-state index < -0.39 is 0 Å². The van der Waals surface area contributed by atoms with E-state index in [-0.39, 0.29) is 5.78 Å². The highest BCUT2D eigenvalue weighted by Gasteiger charge is 2.11. The molecule has 20 heavy (non-hydrogen) atoms. The standard InChI is InChI=1S/C15H13N3OS/c1-18-9-12(8-16-18)15-17-13(10-20-15)7-14(19)11-5-3-2-4-6-11/h2-6,8-10H,7H2,1H3. The number of benzene rings is 1. The smallest absolute Gasteiger partial charge is 0.168 e. The van der Waals surface area contributed by atoms with Crippen molar-refractivity contribution in [1.29, 1.82) is 0 Å². The monoisotopic (exact) mass is 283 g/mol. The van der Waals surface area contributed by atoms with Crippen LogP contribution in [0, 0.1) is 0 Å². The van der Waals surface area contributed by atoms with E-state index in [4.69, 9.17) is 0 Å². The lowest BCUT2D eigenvalue weighted by Gasteiger charge is -1.97. The largest absolute Gasteiger partial charge is 0.294 e. The van der Waals surface area contributed by atoms with Crippen LogP contribution in [-0.4, -0.2) is 20.5 Å². The molecule has 0 amide bonds. The highest BCUT2D eigenvalue weighted by atomic mass is 32.1. The van der Waals surface area contributed by atoms with Gasteiger partial charge in [-0.15, -0.1) is 11.3 Å². The predicted octanol–water partition coefficient (Wildman–Crippen LogP) is 2.97. The van der Waals surface area contributed by atoms with Gasteiger partial charge >= 0.3 is 0 Å². The van der Waals surface area contributed by atoms with Gasteiger partial charge in [0, 0.05) is 29.8 Å². The zero-order valence-corrected chi connectivity index (χ0v) is 11.8. The fourth-order valence-electron chi connectivity index (χ4n) is 1.94. The topological polar surface area (TPSA) is 47.8 Å².